The molecule has 6 saturated heterocycles. The molecule has 0 radical (unpaired) electrons. The predicted molar refractivity (Wildman–Crippen MR) is 488 cm³/mol. The molecule has 0 N–H and O–H groups in total. The summed E-state index contributed by atoms with van der Waals surface area (Å²) in [5.41, 5.74) is -1.72. The fourth-order valence-corrected chi connectivity index (χ4v) is 25.2. The number of hydrogen-bond acceptors (Lipinski definition) is 12. The van der Waals surface area contributed by atoms with Gasteiger partial charge >= 0.3 is 0 Å². The number of methoxy groups -OCH3 is 6. The van der Waals surface area contributed by atoms with Gasteiger partial charge in [0.25, 0.3) is 0 Å². The van der Waals surface area contributed by atoms with E-state index in [4.69, 9.17) is 88.7 Å². The van der Waals surface area contributed by atoms with Gasteiger partial charge in [-0.25, -0.2) is 0 Å². The lowest BCUT2D eigenvalue weighted by atomic mass is 9.52. The Balaban J connectivity index is 0.000000121. The van der Waals surface area contributed by atoms with E-state index < -0.39 is 185 Å². The Bertz CT molecular complexity index is 6450. The summed E-state index contributed by atoms with van der Waals surface area (Å²) in [5, 5.41) is 0. The molecule has 6 aromatic carbocycles. The van der Waals surface area contributed by atoms with Gasteiger partial charge in [0.05, 0.1) is 50.9 Å². The molecule has 12 nitrogen and oxygen atoms in total. The molecule has 6 heterocycles. The monoisotopic (exact) mass is 1670 g/mol. The second-order valence-electron chi connectivity index (χ2n) is 36.6. The molecule has 6 aliphatic heterocycles. The molecule has 12 heteroatoms. The highest BCUT2D eigenvalue weighted by molar-refractivity contribution is 5.52. The number of rotatable bonds is 6. The highest BCUT2D eigenvalue weighted by Crippen LogP contribution is 2.63. The fourth-order valence-electron chi connectivity index (χ4n) is 25.2. The molecule has 6 saturated carbocycles. The van der Waals surface area contributed by atoms with Gasteiger partial charge in [-0.15, -0.1) is 0 Å². The van der Waals surface area contributed by atoms with Gasteiger partial charge in [0.1, 0.15) is 34.5 Å². The first-order chi connectivity index (χ1) is 75.6. The van der Waals surface area contributed by atoms with E-state index in [-0.39, 0.29) is 94.6 Å². The van der Waals surface area contributed by atoms with Crippen LogP contribution < -0.4 is 28.4 Å². The van der Waals surface area contributed by atoms with E-state index in [1.54, 1.807) is 101 Å². The molecule has 12 fully saturated rings. The molecule has 6 aromatic rings. The first-order valence-electron chi connectivity index (χ1n) is 66.2. The average molecular weight is 1670 g/mol. The molecule has 12 bridgehead atoms. The van der Waals surface area contributed by atoms with E-state index >= 15 is 0 Å². The third-order valence-electron chi connectivity index (χ3n) is 31.2. The molecule has 0 aromatic heterocycles. The van der Waals surface area contributed by atoms with Gasteiger partial charge in [-0.1, -0.05) is 113 Å². The molecule has 0 amide bonds. The van der Waals surface area contributed by atoms with E-state index in [0.29, 0.717) is 178 Å². The molecule has 0 spiro atoms. The molecule has 6 unspecified atom stereocenters. The van der Waals surface area contributed by atoms with Crippen molar-refractivity contribution >= 4 is 0 Å². The quantitative estimate of drug-likeness (QED) is 0.159. The lowest BCUT2D eigenvalue weighted by Crippen LogP contribution is -2.59. The van der Waals surface area contributed by atoms with Crippen LogP contribution in [-0.4, -0.2) is 189 Å². The van der Waals surface area contributed by atoms with Gasteiger partial charge in [-0.3, -0.25) is 0 Å². The summed E-state index contributed by atoms with van der Waals surface area (Å²) >= 11 is 0. The van der Waals surface area contributed by atoms with Crippen LogP contribution in [0.1, 0.15) is 319 Å². The van der Waals surface area contributed by atoms with Crippen molar-refractivity contribution in [2.75, 3.05) is 124 Å². The normalized spacial score (nSPS) is 48.4. The Hall–Kier alpha value is -6.12. The molecule has 18 atom stereocenters. The number of fused-ring (bicyclic) bond motifs is 6. The SMILES string of the molecule is [2H]C1([2H])c2ccc(OC)cc2[C@]23CCCCC2[C@H]1N(C([2H])([2H])[2H])C([2H])([2H])C3([2H])[2H].[2H]C1([2H])c2ccc(OC)cc2[C@]23CCCCC2[C@H]1N(C([2H])([2H])[2H])C([2H])([2H])C3([2H])[2H].[2H]C1([2H])c2ccc(OC)cc2[C@]23CCCCC2[C@H]1N(C)C([2H])([2H])C3([2H])[2H].[2H]C1([2H])c2ccc(OC)cc2[C@]23CCCCC2[C@H]1N(C)C([2H])([2H])C3([2H])[2H].[2H]c1c([2H])c(OC)c([2H])c2c1C[C@H]1C3CCCC[C@@]23C([2H])([2H])C([2H])([2H])N1C.[2H]c1c([2H])c(OC)c([2H])c2c1C[C@H]1C3CCCC[C@@]23C([2H])([2H])C([2H])([2H])N1C. The van der Waals surface area contributed by atoms with E-state index in [1.807, 2.05) is 0 Å². The Labute approximate surface area is 785 Å². The van der Waals surface area contributed by atoms with E-state index in [1.165, 1.54) is 62.1 Å². The first kappa shape index (κ1) is 46.9. The van der Waals surface area contributed by atoms with Crippen LogP contribution in [0.2, 0.25) is 0 Å². The number of likely N-dealkylation sites (tertiary alicyclic amines) is 6. The third-order valence-corrected chi connectivity index (χ3v) is 31.2. The Morgan fingerprint density at radius 3 is 0.775 bits per heavy atom. The minimum absolute atomic E-state index is 0.00816. The van der Waals surface area contributed by atoms with Crippen molar-refractivity contribution in [2.24, 2.45) is 35.5 Å². The van der Waals surface area contributed by atoms with Crippen LogP contribution in [0.15, 0.2) is 109 Å². The zero-order valence-corrected chi connectivity index (χ0v) is 71.4. The van der Waals surface area contributed by atoms with Gasteiger partial charge in [-0.05, 0) is 410 Å². The number of piperidine rings is 6. The minimum atomic E-state index is -2.98. The molecule has 18 aliphatic rings. The van der Waals surface area contributed by atoms with Crippen molar-refractivity contribution in [3.63, 3.8) is 0 Å². The van der Waals surface area contributed by atoms with Crippen LogP contribution in [-0.2, 0) is 70.8 Å². The Morgan fingerprint density at radius 2 is 0.517 bits per heavy atom. The predicted octanol–water partition coefficient (Wildman–Crippen LogP) is 20.3. The topological polar surface area (TPSA) is 74.8 Å². The van der Waals surface area contributed by atoms with Gasteiger partial charge in [-0.2, -0.15) is 0 Å². The van der Waals surface area contributed by atoms with Crippen LogP contribution in [0, 0.1) is 35.5 Å². The highest BCUT2D eigenvalue weighted by atomic mass is 16.5. The molecule has 120 heavy (non-hydrogen) atoms. The number of benzene rings is 6. The maximum Gasteiger partial charge on any atom is 0.119 e. The van der Waals surface area contributed by atoms with Crippen molar-refractivity contribution in [3.05, 3.63) is 176 Å². The second kappa shape index (κ2) is 34.0. The fraction of sp³-hybridized carbons (Fsp3) is 0.667. The molecular weight excluding hydrogens is 1480 g/mol. The van der Waals surface area contributed by atoms with Crippen molar-refractivity contribution in [1.82, 2.24) is 29.4 Å². The highest BCUT2D eigenvalue weighted by Gasteiger charge is 2.60. The van der Waals surface area contributed by atoms with Crippen LogP contribution in [0.5, 0.6) is 34.5 Å². The zero-order valence-electron chi connectivity index (χ0n) is 115. The number of likely N-dealkylation sites (N-methyl/N-ethyl adjacent to an activating group) is 6. The largest absolute Gasteiger partial charge is 0.497 e. The van der Waals surface area contributed by atoms with E-state index in [0.717, 1.165) is 77.0 Å². The lowest BCUT2D eigenvalue weighted by molar-refractivity contribution is 0.00272. The molecule has 24 rings (SSSR count). The molecule has 648 valence electrons. The lowest BCUT2D eigenvalue weighted by Gasteiger charge is -2.58. The van der Waals surface area contributed by atoms with Crippen LogP contribution in [0.25, 0.3) is 0 Å². The maximum atomic E-state index is 8.96. The van der Waals surface area contributed by atoms with Crippen LogP contribution in [0.4, 0.5) is 0 Å². The number of hydrogen-bond donors (Lipinski definition) is 0. The summed E-state index contributed by atoms with van der Waals surface area (Å²) < 4.78 is 412. The number of ether oxygens (including phenoxy) is 6. The summed E-state index contributed by atoms with van der Waals surface area (Å²) in [4.78, 5) is 6.69. The summed E-state index contributed by atoms with van der Waals surface area (Å²) in [6.45, 7) is -20.6. The molecular formula is C108H150N6O6. The van der Waals surface area contributed by atoms with Gasteiger partial charge in [0.2, 0.25) is 0 Å². The van der Waals surface area contributed by atoms with Gasteiger partial charge in [0.15, 0.2) is 0 Å². The summed E-state index contributed by atoms with van der Waals surface area (Å²) in [6, 6.07) is 15.0. The number of nitrogens with zero attached hydrogens (tertiary/aromatic N) is 6. The third kappa shape index (κ3) is 14.1. The Morgan fingerprint density at radius 1 is 0.283 bits per heavy atom. The standard InChI is InChI=1S/6C18H25NO/c6*1-19-10-9-18-8-4-3-5-15(18)17(19)11-13-6-7-14(20-2)12-16(13)18/h6*6-7,12,15,17H,3-5,8-11H2,1-2H3/t6*15?,17-,18-/m000000/s1/i2*6D,7D,9D2,10D2,12D;2*1D3,9D2,10D2,11D2;2*9D2,10D2,11D2. The zero-order chi connectivity index (χ0) is 121. The second-order valence-corrected chi connectivity index (χ2v) is 36.6. The van der Waals surface area contributed by atoms with E-state index in [2.05, 4.69) is 0 Å². The maximum absolute atomic E-state index is 8.96. The van der Waals surface area contributed by atoms with Crippen molar-refractivity contribution < 1.29 is 88.7 Å². The van der Waals surface area contributed by atoms with E-state index in [9.17, 15) is 0 Å². The van der Waals surface area contributed by atoms with Gasteiger partial charge in [0, 0.05) is 121 Å². The first-order valence-corrected chi connectivity index (χ1v) is 44.2. The summed E-state index contributed by atoms with van der Waals surface area (Å²) in [5.74, 6) is -0.0896. The summed E-state index contributed by atoms with van der Waals surface area (Å²) in [6.07, 6.45) is -4.70. The minimum Gasteiger partial charge on any atom is -0.497 e. The van der Waals surface area contributed by atoms with Crippen LogP contribution in [0.3, 0.4) is 0 Å². The average Bonchev–Trinajstić information content (AvgIpc) is 0.649. The van der Waals surface area contributed by atoms with Crippen molar-refractivity contribution in [2.45, 2.75) is 299 Å². The molecule has 12 aliphatic carbocycles. The van der Waals surface area contributed by atoms with Crippen molar-refractivity contribution in [3.8, 4) is 34.5 Å². The van der Waals surface area contributed by atoms with Crippen molar-refractivity contribution in [1.29, 1.82) is 0 Å². The summed E-state index contributed by atoms with van der Waals surface area (Å²) in [7, 11) is 15.1. The Kier molecular flexibility index (Phi) is 13.3. The van der Waals surface area contributed by atoms with Gasteiger partial charge < -0.3 is 57.8 Å². The smallest absolute Gasteiger partial charge is 0.119 e. The van der Waals surface area contributed by atoms with Crippen LogP contribution >= 0.6 is 0 Å².